The highest BCUT2D eigenvalue weighted by molar-refractivity contribution is 6.13. The Labute approximate surface area is 139 Å². The number of benzene rings is 2. The van der Waals surface area contributed by atoms with E-state index in [1.165, 1.54) is 6.20 Å². The van der Waals surface area contributed by atoms with Gasteiger partial charge in [0.05, 0.1) is 0 Å². The normalized spacial score (nSPS) is 18.1. The third-order valence-electron chi connectivity index (χ3n) is 4.18. The third kappa shape index (κ3) is 2.13. The minimum Gasteiger partial charge on any atom is -0.369 e. The molecule has 1 N–H and O–H groups in total. The van der Waals surface area contributed by atoms with Crippen LogP contribution < -0.4 is 0 Å². The van der Waals surface area contributed by atoms with Crippen molar-refractivity contribution in [2.45, 2.75) is 5.60 Å². The van der Waals surface area contributed by atoms with Crippen molar-refractivity contribution in [3.8, 4) is 11.8 Å². The first-order chi connectivity index (χ1) is 11.7. The van der Waals surface area contributed by atoms with Crippen molar-refractivity contribution in [3.63, 3.8) is 0 Å². The molecule has 114 valence electrons. The van der Waals surface area contributed by atoms with Crippen molar-refractivity contribution < 1.29 is 9.90 Å². The summed E-state index contributed by atoms with van der Waals surface area (Å²) in [7, 11) is 0. The smallest absolute Gasteiger partial charge is 0.194 e. The second kappa shape index (κ2) is 5.45. The quantitative estimate of drug-likeness (QED) is 0.650. The van der Waals surface area contributed by atoms with E-state index in [0.717, 1.165) is 5.56 Å². The molecule has 0 bridgehead atoms. The van der Waals surface area contributed by atoms with Gasteiger partial charge >= 0.3 is 0 Å². The van der Waals surface area contributed by atoms with Crippen LogP contribution in [0.4, 0.5) is 0 Å². The van der Waals surface area contributed by atoms with Gasteiger partial charge in [0.15, 0.2) is 11.4 Å². The molecule has 0 fully saturated rings. The van der Waals surface area contributed by atoms with Gasteiger partial charge in [0, 0.05) is 40.2 Å². The van der Waals surface area contributed by atoms with E-state index in [2.05, 4.69) is 16.8 Å². The molecule has 4 rings (SSSR count). The predicted molar refractivity (Wildman–Crippen MR) is 90.4 cm³/mol. The summed E-state index contributed by atoms with van der Waals surface area (Å²) in [4.78, 5) is 16.8. The van der Waals surface area contributed by atoms with Crippen molar-refractivity contribution >= 4 is 5.78 Å². The lowest BCUT2D eigenvalue weighted by Gasteiger charge is -2.31. The summed E-state index contributed by atoms with van der Waals surface area (Å²) >= 11 is 0. The number of carbonyl (C=O) groups is 1. The lowest BCUT2D eigenvalue weighted by Crippen LogP contribution is -2.34. The number of pyridine rings is 1. The number of hydrogen-bond acceptors (Lipinski definition) is 3. The first-order valence-corrected chi connectivity index (χ1v) is 7.59. The van der Waals surface area contributed by atoms with Crippen LogP contribution in [0.5, 0.6) is 0 Å². The van der Waals surface area contributed by atoms with Gasteiger partial charge in [0.25, 0.3) is 0 Å². The molecule has 0 spiro atoms. The zero-order valence-corrected chi connectivity index (χ0v) is 12.7. The first-order valence-electron chi connectivity index (χ1n) is 7.59. The minimum atomic E-state index is -1.57. The molecule has 24 heavy (non-hydrogen) atoms. The molecule has 3 aromatic rings. The van der Waals surface area contributed by atoms with E-state index in [0.29, 0.717) is 22.3 Å². The molecular formula is C21H13NO2. The van der Waals surface area contributed by atoms with Gasteiger partial charge in [-0.05, 0) is 18.2 Å². The molecule has 0 amide bonds. The molecule has 3 nitrogen and oxygen atoms in total. The summed E-state index contributed by atoms with van der Waals surface area (Å²) < 4.78 is 0. The highest BCUT2D eigenvalue weighted by Gasteiger charge is 2.41. The van der Waals surface area contributed by atoms with Gasteiger partial charge in [-0.1, -0.05) is 54.3 Å². The zero-order valence-electron chi connectivity index (χ0n) is 12.7. The Balaban J connectivity index is 1.97. The van der Waals surface area contributed by atoms with Crippen molar-refractivity contribution in [2.75, 3.05) is 0 Å². The summed E-state index contributed by atoms with van der Waals surface area (Å²) in [6.45, 7) is 0. The fourth-order valence-corrected chi connectivity index (χ4v) is 2.99. The molecule has 1 atom stereocenters. The summed E-state index contributed by atoms with van der Waals surface area (Å²) in [5.41, 5.74) is 1.07. The Bertz CT molecular complexity index is 947. The fraction of sp³-hybridized carbons (Fsp3) is 0.0476. The van der Waals surface area contributed by atoms with E-state index >= 15 is 0 Å². The predicted octanol–water partition coefficient (Wildman–Crippen LogP) is 2.91. The Kier molecular flexibility index (Phi) is 3.26. The third-order valence-corrected chi connectivity index (χ3v) is 4.18. The van der Waals surface area contributed by atoms with Crippen LogP contribution in [-0.4, -0.2) is 15.9 Å². The molecular weight excluding hydrogens is 298 g/mol. The number of nitrogens with zero attached hydrogens (tertiary/aromatic N) is 1. The summed E-state index contributed by atoms with van der Waals surface area (Å²) in [5, 5.41) is 11.4. The Morgan fingerprint density at radius 3 is 2.42 bits per heavy atom. The monoisotopic (exact) mass is 311 g/mol. The summed E-state index contributed by atoms with van der Waals surface area (Å²) in [6, 6.07) is 18.1. The van der Waals surface area contributed by atoms with E-state index in [1.807, 2.05) is 30.3 Å². The second-order valence-corrected chi connectivity index (χ2v) is 5.62. The Morgan fingerprint density at radius 1 is 0.875 bits per heavy atom. The van der Waals surface area contributed by atoms with Crippen LogP contribution >= 0.6 is 0 Å². The van der Waals surface area contributed by atoms with E-state index in [4.69, 9.17) is 0 Å². The molecule has 0 radical (unpaired) electrons. The topological polar surface area (TPSA) is 50.2 Å². The average Bonchev–Trinajstić information content (AvgIpc) is 2.66. The minimum absolute atomic E-state index is 0.116. The van der Waals surface area contributed by atoms with Gasteiger partial charge in [-0.25, -0.2) is 0 Å². The second-order valence-electron chi connectivity index (χ2n) is 5.62. The number of carbonyl (C=O) groups excluding carboxylic acids is 1. The number of rotatable bonds is 0. The number of fused-ring (bicyclic) bond motifs is 2. The molecule has 0 saturated carbocycles. The maximum absolute atomic E-state index is 12.7. The molecule has 1 aromatic heterocycles. The lowest BCUT2D eigenvalue weighted by molar-refractivity contribution is 0.0979. The Morgan fingerprint density at radius 2 is 1.58 bits per heavy atom. The van der Waals surface area contributed by atoms with Crippen molar-refractivity contribution in [1.82, 2.24) is 4.98 Å². The number of ketones is 1. The molecule has 0 unspecified atom stereocenters. The molecule has 2 aromatic carbocycles. The van der Waals surface area contributed by atoms with Crippen molar-refractivity contribution in [2.24, 2.45) is 0 Å². The van der Waals surface area contributed by atoms with Crippen LogP contribution in [0, 0.1) is 11.8 Å². The lowest BCUT2D eigenvalue weighted by atomic mass is 9.75. The molecule has 1 aliphatic carbocycles. The highest BCUT2D eigenvalue weighted by atomic mass is 16.3. The summed E-state index contributed by atoms with van der Waals surface area (Å²) in [5.74, 6) is 5.86. The van der Waals surface area contributed by atoms with Crippen LogP contribution in [0.3, 0.4) is 0 Å². The zero-order chi connectivity index (χ0) is 16.6. The van der Waals surface area contributed by atoms with Crippen molar-refractivity contribution in [3.05, 3.63) is 101 Å². The van der Waals surface area contributed by atoms with Crippen LogP contribution in [0.25, 0.3) is 0 Å². The molecule has 1 heterocycles. The van der Waals surface area contributed by atoms with E-state index < -0.39 is 5.60 Å². The van der Waals surface area contributed by atoms with E-state index in [-0.39, 0.29) is 5.78 Å². The van der Waals surface area contributed by atoms with Crippen molar-refractivity contribution in [1.29, 1.82) is 0 Å². The SMILES string of the molecule is O=C1c2ccccc2[C@@](O)(C#Cc2ccccc2)c2cnccc21. The van der Waals surface area contributed by atoms with Gasteiger partial charge in [-0.15, -0.1) is 0 Å². The van der Waals surface area contributed by atoms with Crippen LogP contribution in [0.1, 0.15) is 32.6 Å². The number of aromatic nitrogens is 1. The summed E-state index contributed by atoms with van der Waals surface area (Å²) in [6.07, 6.45) is 3.07. The first kappa shape index (κ1) is 14.4. The number of hydrogen-bond donors (Lipinski definition) is 1. The standard InChI is InChI=1S/C21H13NO2/c23-20-16-8-4-5-9-18(16)21(24,19-14-22-13-11-17(19)20)12-10-15-6-2-1-3-7-15/h1-9,11,13-14,24H/t21-/m0/s1. The van der Waals surface area contributed by atoms with Crippen LogP contribution in [0.2, 0.25) is 0 Å². The van der Waals surface area contributed by atoms with Gasteiger partial charge < -0.3 is 5.11 Å². The fourth-order valence-electron chi connectivity index (χ4n) is 2.99. The largest absolute Gasteiger partial charge is 0.369 e. The molecule has 3 heteroatoms. The average molecular weight is 311 g/mol. The maximum atomic E-state index is 12.7. The molecule has 1 aliphatic rings. The van der Waals surface area contributed by atoms with E-state index in [9.17, 15) is 9.90 Å². The van der Waals surface area contributed by atoms with Crippen LogP contribution in [0.15, 0.2) is 73.1 Å². The van der Waals surface area contributed by atoms with Gasteiger partial charge in [0.2, 0.25) is 0 Å². The van der Waals surface area contributed by atoms with Crippen LogP contribution in [-0.2, 0) is 5.60 Å². The van der Waals surface area contributed by atoms with Gasteiger partial charge in [-0.3, -0.25) is 9.78 Å². The van der Waals surface area contributed by atoms with Gasteiger partial charge in [-0.2, -0.15) is 0 Å². The maximum Gasteiger partial charge on any atom is 0.194 e. The molecule has 0 aliphatic heterocycles. The molecule has 0 saturated heterocycles. The van der Waals surface area contributed by atoms with E-state index in [1.54, 1.807) is 36.5 Å². The Hall–Kier alpha value is -3.22. The van der Waals surface area contributed by atoms with Gasteiger partial charge in [0.1, 0.15) is 0 Å². The highest BCUT2D eigenvalue weighted by Crippen LogP contribution is 2.39. The number of aliphatic hydroxyl groups is 1.